The summed E-state index contributed by atoms with van der Waals surface area (Å²) in [6, 6.07) is 1.90. The highest BCUT2D eigenvalue weighted by Crippen LogP contribution is 2.07. The van der Waals surface area contributed by atoms with Gasteiger partial charge in [0.25, 0.3) is 0 Å². The predicted octanol–water partition coefficient (Wildman–Crippen LogP) is 0.550. The average Bonchev–Trinajstić information content (AvgIpc) is 2.04. The zero-order valence-corrected chi connectivity index (χ0v) is 6.76. The molecule has 1 heterocycles. The summed E-state index contributed by atoms with van der Waals surface area (Å²) in [6.07, 6.45) is 5.20. The van der Waals surface area contributed by atoms with E-state index >= 15 is 0 Å². The fraction of sp³-hybridized carbons (Fsp3) is 0.250. The summed E-state index contributed by atoms with van der Waals surface area (Å²) in [5, 5.41) is 10.1. The first-order valence-electron chi connectivity index (χ1n) is 3.45. The molecule has 0 saturated heterocycles. The van der Waals surface area contributed by atoms with Crippen molar-refractivity contribution in [2.24, 2.45) is 7.05 Å². The first kappa shape index (κ1) is 7.72. The van der Waals surface area contributed by atoms with Crippen LogP contribution in [0.4, 0.5) is 5.69 Å². The van der Waals surface area contributed by atoms with Gasteiger partial charge in [-0.25, -0.2) is 4.57 Å². The van der Waals surface area contributed by atoms with Gasteiger partial charge in [-0.15, -0.1) is 0 Å². The van der Waals surface area contributed by atoms with E-state index in [4.69, 9.17) is 5.41 Å². The number of aromatic nitrogens is 1. The summed E-state index contributed by atoms with van der Waals surface area (Å²) in [7, 11) is 3.80. The van der Waals surface area contributed by atoms with Crippen LogP contribution in [-0.2, 0) is 7.05 Å². The zero-order valence-electron chi connectivity index (χ0n) is 6.76. The largest absolute Gasteiger partial charge is 0.383 e. The molecule has 3 heteroatoms. The van der Waals surface area contributed by atoms with Crippen molar-refractivity contribution < 1.29 is 4.57 Å². The van der Waals surface area contributed by atoms with E-state index in [1.165, 1.54) is 6.21 Å². The van der Waals surface area contributed by atoms with Crippen LogP contribution in [0.3, 0.4) is 0 Å². The minimum Gasteiger partial charge on any atom is -0.383 e. The lowest BCUT2D eigenvalue weighted by atomic mass is 10.2. The van der Waals surface area contributed by atoms with Crippen LogP contribution >= 0.6 is 0 Å². The quantitative estimate of drug-likeness (QED) is 0.469. The van der Waals surface area contributed by atoms with Crippen LogP contribution < -0.4 is 9.88 Å². The maximum Gasteiger partial charge on any atom is 0.192 e. The minimum atomic E-state index is 0.908. The van der Waals surface area contributed by atoms with Gasteiger partial charge in [-0.2, -0.15) is 0 Å². The molecule has 0 aliphatic heterocycles. The molecule has 0 fully saturated rings. The van der Waals surface area contributed by atoms with E-state index in [1.807, 2.05) is 37.1 Å². The molecule has 1 aromatic rings. The van der Waals surface area contributed by atoms with E-state index < -0.39 is 0 Å². The van der Waals surface area contributed by atoms with Crippen molar-refractivity contribution in [2.45, 2.75) is 0 Å². The molecule has 0 aromatic carbocycles. The summed E-state index contributed by atoms with van der Waals surface area (Å²) >= 11 is 0. The van der Waals surface area contributed by atoms with Crippen LogP contribution in [0.5, 0.6) is 0 Å². The number of rotatable bonds is 2. The van der Waals surface area contributed by atoms with Crippen LogP contribution in [0, 0.1) is 5.41 Å². The monoisotopic (exact) mass is 150 g/mol. The molecule has 0 aliphatic carbocycles. The van der Waals surface area contributed by atoms with Crippen molar-refractivity contribution in [3.63, 3.8) is 0 Å². The van der Waals surface area contributed by atoms with Crippen molar-refractivity contribution in [1.82, 2.24) is 0 Å². The predicted molar refractivity (Wildman–Crippen MR) is 45.1 cm³/mol. The molecule has 0 unspecified atom stereocenters. The second-order valence-electron chi connectivity index (χ2n) is 2.37. The number of hydrogen-bond donors (Lipinski definition) is 2. The molecule has 0 amide bonds. The van der Waals surface area contributed by atoms with E-state index in [9.17, 15) is 0 Å². The summed E-state index contributed by atoms with van der Waals surface area (Å²) in [4.78, 5) is 0. The Morgan fingerprint density at radius 3 is 2.91 bits per heavy atom. The maximum atomic E-state index is 7.08. The Bertz CT molecular complexity index is 268. The van der Waals surface area contributed by atoms with Gasteiger partial charge in [-0.3, -0.25) is 0 Å². The Kier molecular flexibility index (Phi) is 2.21. The van der Waals surface area contributed by atoms with Gasteiger partial charge in [0, 0.05) is 24.9 Å². The normalized spacial score (nSPS) is 9.27. The molecule has 3 nitrogen and oxygen atoms in total. The number of pyridine rings is 1. The van der Waals surface area contributed by atoms with Gasteiger partial charge < -0.3 is 10.7 Å². The van der Waals surface area contributed by atoms with Gasteiger partial charge in [0.1, 0.15) is 12.7 Å². The van der Waals surface area contributed by atoms with Gasteiger partial charge in [0.15, 0.2) is 12.4 Å². The van der Waals surface area contributed by atoms with E-state index in [-0.39, 0.29) is 0 Å². The third-order valence-electron chi connectivity index (χ3n) is 1.56. The molecule has 0 atom stereocenters. The first-order chi connectivity index (χ1) is 5.27. The van der Waals surface area contributed by atoms with E-state index in [0.717, 1.165) is 11.3 Å². The SMILES string of the molecule is CNc1c[n+](C)ccc1C=N. The third kappa shape index (κ3) is 1.55. The van der Waals surface area contributed by atoms with Gasteiger partial charge in [0.05, 0.1) is 0 Å². The highest BCUT2D eigenvalue weighted by molar-refractivity contribution is 5.84. The Morgan fingerprint density at radius 2 is 2.36 bits per heavy atom. The lowest BCUT2D eigenvalue weighted by molar-refractivity contribution is -0.670. The van der Waals surface area contributed by atoms with Crippen LogP contribution in [0.15, 0.2) is 18.5 Å². The Balaban J connectivity index is 3.16. The lowest BCUT2D eigenvalue weighted by Crippen LogP contribution is -2.27. The summed E-state index contributed by atoms with van der Waals surface area (Å²) < 4.78 is 1.94. The summed E-state index contributed by atoms with van der Waals surface area (Å²) in [5.41, 5.74) is 1.88. The molecule has 1 aromatic heterocycles. The third-order valence-corrected chi connectivity index (χ3v) is 1.56. The van der Waals surface area contributed by atoms with Crippen LogP contribution in [-0.4, -0.2) is 13.3 Å². The standard InChI is InChI=1S/C8H12N3/c1-10-8-6-11(2)4-3-7(8)5-9/h3-6,9-10H,1-2H3/q+1. The number of hydrogen-bond acceptors (Lipinski definition) is 2. The van der Waals surface area contributed by atoms with Gasteiger partial charge in [0.2, 0.25) is 0 Å². The molecular weight excluding hydrogens is 138 g/mol. The number of anilines is 1. The summed E-state index contributed by atoms with van der Waals surface area (Å²) in [6.45, 7) is 0. The number of nitrogens with zero attached hydrogens (tertiary/aromatic N) is 1. The first-order valence-corrected chi connectivity index (χ1v) is 3.45. The fourth-order valence-corrected chi connectivity index (χ4v) is 0.944. The van der Waals surface area contributed by atoms with E-state index in [0.29, 0.717) is 0 Å². The van der Waals surface area contributed by atoms with Crippen LogP contribution in [0.2, 0.25) is 0 Å². The molecule has 0 bridgehead atoms. The van der Waals surface area contributed by atoms with E-state index in [1.54, 1.807) is 0 Å². The smallest absolute Gasteiger partial charge is 0.192 e. The topological polar surface area (TPSA) is 39.8 Å². The zero-order chi connectivity index (χ0) is 8.27. The summed E-state index contributed by atoms with van der Waals surface area (Å²) in [5.74, 6) is 0. The Morgan fingerprint density at radius 1 is 1.64 bits per heavy atom. The second-order valence-corrected chi connectivity index (χ2v) is 2.37. The Labute approximate surface area is 66.2 Å². The fourth-order valence-electron chi connectivity index (χ4n) is 0.944. The van der Waals surface area contributed by atoms with Crippen molar-refractivity contribution in [3.05, 3.63) is 24.0 Å². The highest BCUT2D eigenvalue weighted by Gasteiger charge is 2.01. The van der Waals surface area contributed by atoms with Crippen molar-refractivity contribution >= 4 is 11.9 Å². The highest BCUT2D eigenvalue weighted by atomic mass is 14.9. The molecule has 0 radical (unpaired) electrons. The molecule has 2 N–H and O–H groups in total. The molecule has 58 valence electrons. The maximum absolute atomic E-state index is 7.08. The molecule has 1 rings (SSSR count). The minimum absolute atomic E-state index is 0.908. The van der Waals surface area contributed by atoms with Crippen LogP contribution in [0.25, 0.3) is 0 Å². The van der Waals surface area contributed by atoms with Crippen molar-refractivity contribution in [2.75, 3.05) is 12.4 Å². The van der Waals surface area contributed by atoms with Gasteiger partial charge >= 0.3 is 0 Å². The Hall–Kier alpha value is -1.38. The molecule has 11 heavy (non-hydrogen) atoms. The lowest BCUT2D eigenvalue weighted by Gasteiger charge is -2.00. The number of nitrogens with one attached hydrogen (secondary N) is 2. The second kappa shape index (κ2) is 3.14. The van der Waals surface area contributed by atoms with Gasteiger partial charge in [-0.1, -0.05) is 0 Å². The molecule has 0 saturated carbocycles. The van der Waals surface area contributed by atoms with Crippen molar-refractivity contribution in [1.29, 1.82) is 5.41 Å². The van der Waals surface area contributed by atoms with Crippen LogP contribution in [0.1, 0.15) is 5.56 Å². The number of aryl methyl sites for hydroxylation is 1. The van der Waals surface area contributed by atoms with Crippen molar-refractivity contribution in [3.8, 4) is 0 Å². The molecule has 0 spiro atoms. The van der Waals surface area contributed by atoms with E-state index in [2.05, 4.69) is 5.32 Å². The average molecular weight is 150 g/mol. The molecular formula is C8H12N3+. The molecule has 0 aliphatic rings. The van der Waals surface area contributed by atoms with Gasteiger partial charge in [-0.05, 0) is 0 Å².